The van der Waals surface area contributed by atoms with Gasteiger partial charge < -0.3 is 20.4 Å². The molecule has 3 N–H and O–H groups in total. The topological polar surface area (TPSA) is 65.1 Å². The third-order valence-corrected chi connectivity index (χ3v) is 4.24. The number of ether oxygens (including phenoxy) is 1. The van der Waals surface area contributed by atoms with Crippen LogP contribution in [0.4, 0.5) is 5.95 Å². The summed E-state index contributed by atoms with van der Waals surface area (Å²) in [6, 6.07) is 8.53. The Morgan fingerprint density at radius 3 is 2.81 bits per heavy atom. The van der Waals surface area contributed by atoms with Gasteiger partial charge >= 0.3 is 0 Å². The smallest absolute Gasteiger partial charge is 0.203 e. The molecule has 1 aliphatic rings. The fourth-order valence-corrected chi connectivity index (χ4v) is 2.95. The summed E-state index contributed by atoms with van der Waals surface area (Å²) in [6.45, 7) is 1.49. The van der Waals surface area contributed by atoms with Crippen molar-refractivity contribution >= 4 is 17.0 Å². The van der Waals surface area contributed by atoms with Crippen molar-refractivity contribution in [1.82, 2.24) is 9.55 Å². The van der Waals surface area contributed by atoms with Gasteiger partial charge in [-0.1, -0.05) is 12.1 Å². The zero-order valence-corrected chi connectivity index (χ0v) is 12.6. The van der Waals surface area contributed by atoms with Gasteiger partial charge in [-0.2, -0.15) is 0 Å². The number of hydrogen-bond donors (Lipinski definition) is 2. The maximum atomic E-state index is 5.91. The average molecular weight is 288 g/mol. The Balaban J connectivity index is 1.47. The first-order chi connectivity index (χ1) is 10.2. The molecule has 1 saturated carbocycles. The number of benzene rings is 1. The quantitative estimate of drug-likeness (QED) is 0.828. The molecule has 21 heavy (non-hydrogen) atoms. The van der Waals surface area contributed by atoms with E-state index in [1.807, 2.05) is 25.2 Å². The molecule has 0 unspecified atom stereocenters. The molecule has 1 heterocycles. The Kier molecular flexibility index (Phi) is 4.41. The number of aromatic nitrogens is 2. The van der Waals surface area contributed by atoms with Crippen molar-refractivity contribution in [2.45, 2.75) is 37.8 Å². The van der Waals surface area contributed by atoms with Crippen LogP contribution in [0.1, 0.15) is 25.7 Å². The molecule has 0 radical (unpaired) electrons. The lowest BCUT2D eigenvalue weighted by Crippen LogP contribution is -2.31. The molecule has 0 atom stereocenters. The molecule has 1 fully saturated rings. The Labute approximate surface area is 125 Å². The number of rotatable bonds is 5. The lowest BCUT2D eigenvalue weighted by atomic mass is 9.94. The highest BCUT2D eigenvalue weighted by atomic mass is 16.5. The maximum Gasteiger partial charge on any atom is 0.203 e. The van der Waals surface area contributed by atoms with Gasteiger partial charge in [-0.25, -0.2) is 4.98 Å². The summed E-state index contributed by atoms with van der Waals surface area (Å²) in [7, 11) is 2.03. The summed E-state index contributed by atoms with van der Waals surface area (Å²) >= 11 is 0. The van der Waals surface area contributed by atoms with E-state index in [1.54, 1.807) is 0 Å². The minimum absolute atomic E-state index is 0.378. The summed E-state index contributed by atoms with van der Waals surface area (Å²) in [5.41, 5.74) is 8.06. The summed E-state index contributed by atoms with van der Waals surface area (Å²) in [6.07, 6.45) is 4.74. The molecule has 2 aromatic rings. The molecule has 1 aromatic heterocycles. The molecule has 5 heteroatoms. The molecular weight excluding hydrogens is 264 g/mol. The third-order valence-electron chi connectivity index (χ3n) is 4.24. The van der Waals surface area contributed by atoms with Crippen LogP contribution in [0.3, 0.4) is 0 Å². The van der Waals surface area contributed by atoms with Crippen LogP contribution >= 0.6 is 0 Å². The summed E-state index contributed by atoms with van der Waals surface area (Å²) in [5.74, 6) is 0.894. The molecule has 0 spiro atoms. The molecular formula is C16H24N4O. The predicted octanol–water partition coefficient (Wildman–Crippen LogP) is 2.27. The van der Waals surface area contributed by atoms with E-state index in [1.165, 1.54) is 0 Å². The van der Waals surface area contributed by atoms with E-state index in [0.717, 1.165) is 49.2 Å². The molecule has 0 aliphatic heterocycles. The van der Waals surface area contributed by atoms with E-state index in [9.17, 15) is 0 Å². The van der Waals surface area contributed by atoms with Gasteiger partial charge in [-0.05, 0) is 37.8 Å². The Hall–Kier alpha value is -1.59. The zero-order chi connectivity index (χ0) is 14.7. The molecule has 5 nitrogen and oxygen atoms in total. The van der Waals surface area contributed by atoms with Crippen LogP contribution in [0.5, 0.6) is 0 Å². The largest absolute Gasteiger partial charge is 0.376 e. The Morgan fingerprint density at radius 1 is 1.29 bits per heavy atom. The average Bonchev–Trinajstić information content (AvgIpc) is 2.82. The molecule has 0 bridgehead atoms. The second kappa shape index (κ2) is 6.45. The molecule has 0 saturated heterocycles. The van der Waals surface area contributed by atoms with Crippen LogP contribution < -0.4 is 11.1 Å². The Morgan fingerprint density at radius 2 is 2.05 bits per heavy atom. The van der Waals surface area contributed by atoms with Gasteiger partial charge in [0, 0.05) is 19.6 Å². The van der Waals surface area contributed by atoms with Gasteiger partial charge in [0.15, 0.2) is 0 Å². The van der Waals surface area contributed by atoms with Crippen LogP contribution in [-0.2, 0) is 11.8 Å². The van der Waals surface area contributed by atoms with Crippen molar-refractivity contribution < 1.29 is 4.74 Å². The van der Waals surface area contributed by atoms with Crippen molar-refractivity contribution in [2.24, 2.45) is 12.8 Å². The first kappa shape index (κ1) is 14.4. The van der Waals surface area contributed by atoms with Gasteiger partial charge in [0.2, 0.25) is 5.95 Å². The van der Waals surface area contributed by atoms with Gasteiger partial charge in [0.1, 0.15) is 0 Å². The summed E-state index contributed by atoms with van der Waals surface area (Å²) in [5, 5.41) is 3.35. The normalized spacial score (nSPS) is 22.6. The number of nitrogens with two attached hydrogens (primary N) is 1. The molecule has 114 valence electrons. The number of anilines is 1. The van der Waals surface area contributed by atoms with Gasteiger partial charge in [-0.3, -0.25) is 0 Å². The third kappa shape index (κ3) is 3.36. The lowest BCUT2D eigenvalue weighted by molar-refractivity contribution is 0.0312. The number of fused-ring (bicyclic) bond motifs is 1. The minimum atomic E-state index is 0.378. The fraction of sp³-hybridized carbons (Fsp3) is 0.562. The highest BCUT2D eigenvalue weighted by Crippen LogP contribution is 2.20. The second-order valence-electron chi connectivity index (χ2n) is 5.82. The molecule has 3 rings (SSSR count). The molecule has 0 amide bonds. The van der Waals surface area contributed by atoms with E-state index < -0.39 is 0 Å². The van der Waals surface area contributed by atoms with Gasteiger partial charge in [0.25, 0.3) is 0 Å². The molecule has 1 aromatic carbocycles. The van der Waals surface area contributed by atoms with Crippen molar-refractivity contribution in [3.8, 4) is 0 Å². The monoisotopic (exact) mass is 288 g/mol. The Bertz CT molecular complexity index is 587. The van der Waals surface area contributed by atoms with Gasteiger partial charge in [0.05, 0.1) is 23.7 Å². The summed E-state index contributed by atoms with van der Waals surface area (Å²) < 4.78 is 7.99. The van der Waals surface area contributed by atoms with E-state index in [4.69, 9.17) is 10.5 Å². The van der Waals surface area contributed by atoms with E-state index in [0.29, 0.717) is 18.8 Å². The van der Waals surface area contributed by atoms with Crippen LogP contribution in [0, 0.1) is 0 Å². The SMILES string of the molecule is Cn1c(NCCOC2CCC(N)CC2)nc2ccccc21. The van der Waals surface area contributed by atoms with Gasteiger partial charge in [-0.15, -0.1) is 0 Å². The van der Waals surface area contributed by atoms with Crippen molar-refractivity contribution in [3.63, 3.8) is 0 Å². The minimum Gasteiger partial charge on any atom is -0.376 e. The first-order valence-electron chi connectivity index (χ1n) is 7.76. The standard InChI is InChI=1S/C16H24N4O/c1-20-15-5-3-2-4-14(15)19-16(20)18-10-11-21-13-8-6-12(17)7-9-13/h2-5,12-13H,6-11,17H2,1H3,(H,18,19). The molecule has 1 aliphatic carbocycles. The van der Waals surface area contributed by atoms with Crippen LogP contribution in [0.2, 0.25) is 0 Å². The maximum absolute atomic E-state index is 5.91. The number of imidazole rings is 1. The number of nitrogens with zero attached hydrogens (tertiary/aromatic N) is 2. The van der Waals surface area contributed by atoms with Crippen molar-refractivity contribution in [1.29, 1.82) is 0 Å². The highest BCUT2D eigenvalue weighted by Gasteiger charge is 2.18. The van der Waals surface area contributed by atoms with Crippen molar-refractivity contribution in [3.05, 3.63) is 24.3 Å². The van der Waals surface area contributed by atoms with E-state index >= 15 is 0 Å². The van der Waals surface area contributed by atoms with Crippen LogP contribution in [-0.4, -0.2) is 34.8 Å². The summed E-state index contributed by atoms with van der Waals surface area (Å²) in [4.78, 5) is 4.59. The van der Waals surface area contributed by atoms with Crippen LogP contribution in [0.25, 0.3) is 11.0 Å². The van der Waals surface area contributed by atoms with E-state index in [-0.39, 0.29) is 0 Å². The van der Waals surface area contributed by atoms with Crippen molar-refractivity contribution in [2.75, 3.05) is 18.5 Å². The lowest BCUT2D eigenvalue weighted by Gasteiger charge is -2.26. The zero-order valence-electron chi connectivity index (χ0n) is 12.6. The number of hydrogen-bond acceptors (Lipinski definition) is 4. The van der Waals surface area contributed by atoms with E-state index in [2.05, 4.69) is 20.9 Å². The first-order valence-corrected chi connectivity index (χ1v) is 7.76. The second-order valence-corrected chi connectivity index (χ2v) is 5.82. The fourth-order valence-electron chi connectivity index (χ4n) is 2.95. The highest BCUT2D eigenvalue weighted by molar-refractivity contribution is 5.78. The number of nitrogens with one attached hydrogen (secondary N) is 1. The predicted molar refractivity (Wildman–Crippen MR) is 85.4 cm³/mol. The van der Waals surface area contributed by atoms with Crippen LogP contribution in [0.15, 0.2) is 24.3 Å². The number of para-hydroxylation sites is 2. The number of aryl methyl sites for hydroxylation is 1.